The minimum atomic E-state index is -4.29. The zero-order chi connectivity index (χ0) is 29.7. The molecule has 0 radical (unpaired) electrons. The van der Waals surface area contributed by atoms with Crippen molar-refractivity contribution in [3.05, 3.63) is 89.2 Å². The average Bonchev–Trinajstić information content (AvgIpc) is 2.91. The van der Waals surface area contributed by atoms with E-state index in [2.05, 4.69) is 5.32 Å². The van der Waals surface area contributed by atoms with E-state index in [1.54, 1.807) is 49.4 Å². The highest BCUT2D eigenvalue weighted by atomic mass is 35.5. The molecule has 2 amide bonds. The summed E-state index contributed by atoms with van der Waals surface area (Å²) < 4.78 is 47.6. The first-order valence-electron chi connectivity index (χ1n) is 12.5. The molecule has 3 aromatic rings. The molecule has 3 rings (SSSR count). The fraction of sp³-hybridized carbons (Fsp3) is 0.310. The van der Waals surface area contributed by atoms with Gasteiger partial charge in [-0.1, -0.05) is 41.9 Å². The van der Waals surface area contributed by atoms with Gasteiger partial charge >= 0.3 is 0 Å². The Morgan fingerprint density at radius 2 is 1.70 bits per heavy atom. The van der Waals surface area contributed by atoms with Crippen LogP contribution in [0.3, 0.4) is 0 Å². The van der Waals surface area contributed by atoms with E-state index < -0.39 is 45.8 Å². The van der Waals surface area contributed by atoms with Crippen molar-refractivity contribution in [2.45, 2.75) is 50.7 Å². The van der Waals surface area contributed by atoms with Crippen LogP contribution in [0.25, 0.3) is 0 Å². The molecule has 0 heterocycles. The molecule has 1 atom stereocenters. The van der Waals surface area contributed by atoms with Crippen molar-refractivity contribution in [3.63, 3.8) is 0 Å². The van der Waals surface area contributed by atoms with E-state index >= 15 is 0 Å². The predicted molar refractivity (Wildman–Crippen MR) is 153 cm³/mol. The molecule has 3 aromatic carbocycles. The molecule has 0 fully saturated rings. The second-order valence-electron chi connectivity index (χ2n) is 10.2. The smallest absolute Gasteiger partial charge is 0.264 e. The zero-order valence-corrected chi connectivity index (χ0v) is 24.6. The summed E-state index contributed by atoms with van der Waals surface area (Å²) >= 11 is 5.99. The second-order valence-corrected chi connectivity index (χ2v) is 12.5. The number of carbonyl (C=O) groups excluding carboxylic acids is 2. The molecule has 0 aliphatic heterocycles. The molecule has 214 valence electrons. The molecule has 0 saturated carbocycles. The molecule has 0 aliphatic carbocycles. The summed E-state index contributed by atoms with van der Waals surface area (Å²) in [5.41, 5.74) is 0.103. The molecular formula is C29H33ClFN3O5S. The quantitative estimate of drug-likeness (QED) is 0.358. The monoisotopic (exact) mass is 589 g/mol. The number of amides is 2. The largest absolute Gasteiger partial charge is 0.497 e. The summed E-state index contributed by atoms with van der Waals surface area (Å²) in [6, 6.07) is 17.0. The number of rotatable bonds is 10. The Bertz CT molecular complexity index is 1460. The van der Waals surface area contributed by atoms with Crippen LogP contribution in [0, 0.1) is 5.82 Å². The van der Waals surface area contributed by atoms with Gasteiger partial charge in [-0.05, 0) is 75.7 Å². The summed E-state index contributed by atoms with van der Waals surface area (Å²) in [6.07, 6.45) is 0. The Kier molecular flexibility index (Phi) is 9.81. The first kappa shape index (κ1) is 30.9. The van der Waals surface area contributed by atoms with Crippen molar-refractivity contribution in [3.8, 4) is 5.75 Å². The van der Waals surface area contributed by atoms with Gasteiger partial charge in [0.25, 0.3) is 10.0 Å². The fourth-order valence-corrected chi connectivity index (χ4v) is 5.51. The van der Waals surface area contributed by atoms with E-state index in [0.717, 1.165) is 16.4 Å². The molecule has 0 aromatic heterocycles. The third-order valence-electron chi connectivity index (χ3n) is 5.95. The molecule has 0 spiro atoms. The van der Waals surface area contributed by atoms with Crippen LogP contribution in [0.15, 0.2) is 77.7 Å². The van der Waals surface area contributed by atoms with Crippen LogP contribution in [-0.2, 0) is 26.2 Å². The van der Waals surface area contributed by atoms with Crippen molar-refractivity contribution in [2.75, 3.05) is 18.0 Å². The van der Waals surface area contributed by atoms with Crippen LogP contribution in [0.4, 0.5) is 10.1 Å². The van der Waals surface area contributed by atoms with Crippen LogP contribution in [0.2, 0.25) is 5.02 Å². The Hall–Kier alpha value is -3.63. The van der Waals surface area contributed by atoms with Crippen molar-refractivity contribution < 1.29 is 27.1 Å². The van der Waals surface area contributed by atoms with Gasteiger partial charge in [0.2, 0.25) is 11.8 Å². The first-order valence-corrected chi connectivity index (χ1v) is 14.3. The molecule has 8 nitrogen and oxygen atoms in total. The lowest BCUT2D eigenvalue weighted by Gasteiger charge is -2.33. The predicted octanol–water partition coefficient (Wildman–Crippen LogP) is 5.02. The van der Waals surface area contributed by atoms with Crippen LogP contribution in [-0.4, -0.2) is 50.4 Å². The number of ether oxygens (including phenoxy) is 1. The van der Waals surface area contributed by atoms with Gasteiger partial charge in [0, 0.05) is 12.1 Å². The third kappa shape index (κ3) is 7.73. The van der Waals surface area contributed by atoms with E-state index in [9.17, 15) is 22.4 Å². The maximum absolute atomic E-state index is 14.0. The van der Waals surface area contributed by atoms with Gasteiger partial charge in [-0.25, -0.2) is 12.8 Å². The summed E-state index contributed by atoms with van der Waals surface area (Å²) in [6.45, 7) is 6.35. The van der Waals surface area contributed by atoms with Gasteiger partial charge in [0.1, 0.15) is 24.2 Å². The number of methoxy groups -OCH3 is 1. The van der Waals surface area contributed by atoms with E-state index in [1.165, 1.54) is 30.2 Å². The number of carbonyl (C=O) groups is 2. The molecule has 0 saturated heterocycles. The molecule has 11 heteroatoms. The number of hydrogen-bond acceptors (Lipinski definition) is 5. The van der Waals surface area contributed by atoms with E-state index in [-0.39, 0.29) is 22.2 Å². The topological polar surface area (TPSA) is 96.0 Å². The van der Waals surface area contributed by atoms with Crippen LogP contribution < -0.4 is 14.4 Å². The minimum Gasteiger partial charge on any atom is -0.497 e. The molecular weight excluding hydrogens is 557 g/mol. The minimum absolute atomic E-state index is 0.00182. The SMILES string of the molecule is COc1cccc(CN(C(=O)CN(c2ccc(F)c(Cl)c2)S(=O)(=O)c2ccccc2)C(C)C(=O)NC(C)(C)C)c1. The van der Waals surface area contributed by atoms with Crippen molar-refractivity contribution in [1.29, 1.82) is 0 Å². The number of hydrogen-bond donors (Lipinski definition) is 1. The fourth-order valence-electron chi connectivity index (χ4n) is 3.91. The summed E-state index contributed by atoms with van der Waals surface area (Å²) in [4.78, 5) is 28.3. The Morgan fingerprint density at radius 1 is 1.02 bits per heavy atom. The maximum atomic E-state index is 14.0. The number of benzene rings is 3. The van der Waals surface area contributed by atoms with Crippen molar-refractivity contribution in [1.82, 2.24) is 10.2 Å². The average molecular weight is 590 g/mol. The molecule has 40 heavy (non-hydrogen) atoms. The van der Waals surface area contributed by atoms with Gasteiger partial charge in [0.15, 0.2) is 0 Å². The normalized spacial score (nSPS) is 12.4. The van der Waals surface area contributed by atoms with Crippen LogP contribution in [0.1, 0.15) is 33.3 Å². The highest BCUT2D eigenvalue weighted by molar-refractivity contribution is 7.92. The van der Waals surface area contributed by atoms with Crippen LogP contribution >= 0.6 is 11.6 Å². The lowest BCUT2D eigenvalue weighted by molar-refractivity contribution is -0.140. The van der Waals surface area contributed by atoms with Crippen molar-refractivity contribution in [2.24, 2.45) is 0 Å². The van der Waals surface area contributed by atoms with Gasteiger partial charge in [0.05, 0.1) is 22.7 Å². The summed E-state index contributed by atoms with van der Waals surface area (Å²) in [5.74, 6) is -1.24. The number of sulfonamides is 1. The zero-order valence-electron chi connectivity index (χ0n) is 23.0. The van der Waals surface area contributed by atoms with Gasteiger partial charge < -0.3 is 15.0 Å². The number of nitrogens with zero attached hydrogens (tertiary/aromatic N) is 2. The molecule has 1 N–H and O–H groups in total. The lowest BCUT2D eigenvalue weighted by Crippen LogP contribution is -2.54. The number of halogens is 2. The Labute approximate surface area is 239 Å². The van der Waals surface area contributed by atoms with E-state index in [1.807, 2.05) is 20.8 Å². The van der Waals surface area contributed by atoms with Crippen LogP contribution in [0.5, 0.6) is 5.75 Å². The Balaban J connectivity index is 2.06. The van der Waals surface area contributed by atoms with Gasteiger partial charge in [-0.2, -0.15) is 0 Å². The number of anilines is 1. The summed E-state index contributed by atoms with van der Waals surface area (Å²) in [7, 11) is -2.77. The lowest BCUT2D eigenvalue weighted by atomic mass is 10.1. The summed E-state index contributed by atoms with van der Waals surface area (Å²) in [5, 5.41) is 2.57. The van der Waals surface area contributed by atoms with Gasteiger partial charge in [-0.3, -0.25) is 13.9 Å². The maximum Gasteiger partial charge on any atom is 0.264 e. The van der Waals surface area contributed by atoms with E-state index in [0.29, 0.717) is 11.3 Å². The molecule has 0 aliphatic rings. The third-order valence-corrected chi connectivity index (χ3v) is 8.03. The van der Waals surface area contributed by atoms with E-state index in [4.69, 9.17) is 16.3 Å². The number of nitrogens with one attached hydrogen (secondary N) is 1. The molecule has 0 bridgehead atoms. The van der Waals surface area contributed by atoms with Gasteiger partial charge in [-0.15, -0.1) is 0 Å². The highest BCUT2D eigenvalue weighted by Gasteiger charge is 2.33. The highest BCUT2D eigenvalue weighted by Crippen LogP contribution is 2.28. The van der Waals surface area contributed by atoms with Crippen molar-refractivity contribution >= 4 is 39.1 Å². The molecule has 1 unspecified atom stereocenters. The second kappa shape index (κ2) is 12.7. The first-order chi connectivity index (χ1) is 18.7. The Morgan fingerprint density at radius 3 is 2.30 bits per heavy atom. The standard InChI is InChI=1S/C29H33ClFN3O5S/c1-20(28(36)32-29(2,3)4)33(18-21-10-9-11-23(16-21)39-5)27(35)19-34(22-14-15-26(31)25(30)17-22)40(37,38)24-12-7-6-8-13-24/h6-17,20H,18-19H2,1-5H3,(H,32,36).